The second kappa shape index (κ2) is 9.71. The van der Waals surface area contributed by atoms with Crippen molar-refractivity contribution in [1.29, 1.82) is 0 Å². The number of alkyl halides is 3. The summed E-state index contributed by atoms with van der Waals surface area (Å²) in [5.74, 6) is -1.00. The molecule has 2 aliphatic heterocycles. The number of hydrogen-bond acceptors (Lipinski definition) is 7. The summed E-state index contributed by atoms with van der Waals surface area (Å²) in [6.07, 6.45) is -2.00. The molecule has 0 aliphatic carbocycles. The Morgan fingerprint density at radius 1 is 1.11 bits per heavy atom. The number of ether oxygens (including phenoxy) is 1. The Kier molecular flexibility index (Phi) is 6.70. The minimum Gasteiger partial charge on any atom is -0.406 e. The van der Waals surface area contributed by atoms with Gasteiger partial charge in [-0.3, -0.25) is 4.79 Å². The van der Waals surface area contributed by atoms with Gasteiger partial charge in [-0.15, -0.1) is 13.2 Å². The van der Waals surface area contributed by atoms with E-state index in [2.05, 4.69) is 19.7 Å². The van der Waals surface area contributed by atoms with E-state index in [0.29, 0.717) is 48.2 Å². The van der Waals surface area contributed by atoms with Crippen molar-refractivity contribution < 1.29 is 35.5 Å². The maximum atomic E-state index is 15.0. The number of fused-ring (bicyclic) bond motifs is 1. The number of carbonyl (C=O) groups is 1. The van der Waals surface area contributed by atoms with Gasteiger partial charge in [0.2, 0.25) is 0 Å². The van der Waals surface area contributed by atoms with Gasteiger partial charge in [-0.25, -0.2) is 22.8 Å². The van der Waals surface area contributed by atoms with Crippen LogP contribution >= 0.6 is 0 Å². The third-order valence-corrected chi connectivity index (χ3v) is 8.86. The molecule has 3 N–H and O–H groups in total. The van der Waals surface area contributed by atoms with E-state index in [1.807, 2.05) is 0 Å². The standard InChI is InChI=1S/C24H25F4N5O4S/c25-17-12-30-22-20(31-21(32-22)14-5-9-38(35,36)10-6-14)19(17)13-3-7-33(8-4-13)23(34)16-2-1-15(11-18(16)29)37-24(26,27)28/h1-2,11-14H,3-10,29H2,(H,30,31,32). The van der Waals surface area contributed by atoms with Crippen molar-refractivity contribution in [2.45, 2.75) is 43.9 Å². The van der Waals surface area contributed by atoms with Crippen LogP contribution in [-0.4, -0.2) is 65.1 Å². The highest BCUT2D eigenvalue weighted by molar-refractivity contribution is 7.91. The molecular formula is C24H25F4N5O4S. The summed E-state index contributed by atoms with van der Waals surface area (Å²) >= 11 is 0. The van der Waals surface area contributed by atoms with Crippen molar-refractivity contribution in [1.82, 2.24) is 19.9 Å². The van der Waals surface area contributed by atoms with Gasteiger partial charge in [0.1, 0.15) is 27.2 Å². The lowest BCUT2D eigenvalue weighted by atomic mass is 9.88. The van der Waals surface area contributed by atoms with Gasteiger partial charge >= 0.3 is 6.36 Å². The number of nitrogens with zero attached hydrogens (tertiary/aromatic N) is 3. The lowest BCUT2D eigenvalue weighted by Crippen LogP contribution is -2.38. The topological polar surface area (TPSA) is 131 Å². The Morgan fingerprint density at radius 3 is 2.42 bits per heavy atom. The Hall–Kier alpha value is -3.42. The zero-order chi connectivity index (χ0) is 27.2. The Morgan fingerprint density at radius 2 is 1.79 bits per heavy atom. The van der Waals surface area contributed by atoms with Crippen LogP contribution in [-0.2, 0) is 9.84 Å². The number of nitrogen functional groups attached to an aromatic ring is 1. The number of benzene rings is 1. The Bertz CT molecular complexity index is 1470. The predicted octanol–water partition coefficient (Wildman–Crippen LogP) is 3.89. The van der Waals surface area contributed by atoms with E-state index in [4.69, 9.17) is 5.73 Å². The number of nitrogens with one attached hydrogen (secondary N) is 1. The fraction of sp³-hybridized carbons (Fsp3) is 0.458. The first kappa shape index (κ1) is 26.2. The number of carbonyl (C=O) groups excluding carboxylic acids is 1. The summed E-state index contributed by atoms with van der Waals surface area (Å²) in [5, 5.41) is 0. The van der Waals surface area contributed by atoms with Crippen LogP contribution in [0.15, 0.2) is 24.4 Å². The average molecular weight is 556 g/mol. The Balaban J connectivity index is 1.30. The van der Waals surface area contributed by atoms with E-state index in [9.17, 15) is 26.4 Å². The van der Waals surface area contributed by atoms with E-state index in [1.54, 1.807) is 0 Å². The van der Waals surface area contributed by atoms with Gasteiger partial charge in [0.05, 0.1) is 28.8 Å². The number of hydrogen-bond donors (Lipinski definition) is 2. The number of piperidine rings is 1. The first-order valence-electron chi connectivity index (χ1n) is 12.1. The first-order valence-corrected chi connectivity index (χ1v) is 13.9. The molecular weight excluding hydrogens is 530 g/mol. The van der Waals surface area contributed by atoms with E-state index >= 15 is 4.39 Å². The van der Waals surface area contributed by atoms with Crippen molar-refractivity contribution in [2.24, 2.45) is 0 Å². The summed E-state index contributed by atoms with van der Waals surface area (Å²) < 4.78 is 79.8. The van der Waals surface area contributed by atoms with Crippen LogP contribution in [0.5, 0.6) is 5.75 Å². The lowest BCUT2D eigenvalue weighted by Gasteiger charge is -2.32. The van der Waals surface area contributed by atoms with Crippen molar-refractivity contribution in [2.75, 3.05) is 30.3 Å². The Labute approximate surface area is 215 Å². The fourth-order valence-electron chi connectivity index (χ4n) is 5.20. The molecule has 2 fully saturated rings. The first-order chi connectivity index (χ1) is 17.9. The summed E-state index contributed by atoms with van der Waals surface area (Å²) in [7, 11) is -3.04. The van der Waals surface area contributed by atoms with E-state index in [-0.39, 0.29) is 47.7 Å². The molecule has 2 aliphatic rings. The largest absolute Gasteiger partial charge is 0.573 e. The summed E-state index contributed by atoms with van der Waals surface area (Å²) in [4.78, 5) is 26.3. The molecule has 1 amide bonds. The minimum atomic E-state index is -4.88. The number of pyridine rings is 1. The maximum absolute atomic E-state index is 15.0. The van der Waals surface area contributed by atoms with Crippen LogP contribution < -0.4 is 10.5 Å². The van der Waals surface area contributed by atoms with Gasteiger partial charge in [0.25, 0.3) is 5.91 Å². The molecule has 4 heterocycles. The smallest absolute Gasteiger partial charge is 0.406 e. The third kappa shape index (κ3) is 5.40. The van der Waals surface area contributed by atoms with Crippen molar-refractivity contribution >= 4 is 32.6 Å². The number of sulfone groups is 1. The van der Waals surface area contributed by atoms with Gasteiger partial charge < -0.3 is 20.4 Å². The van der Waals surface area contributed by atoms with E-state index < -0.39 is 33.7 Å². The quantitative estimate of drug-likeness (QED) is 0.369. The maximum Gasteiger partial charge on any atom is 0.573 e. The normalized spacial score (nSPS) is 19.1. The number of anilines is 1. The van der Waals surface area contributed by atoms with Crippen LogP contribution in [0.25, 0.3) is 11.2 Å². The molecule has 0 unspecified atom stereocenters. The van der Waals surface area contributed by atoms with E-state index in [1.165, 1.54) is 11.0 Å². The number of aromatic nitrogens is 3. The van der Waals surface area contributed by atoms with Gasteiger partial charge in [-0.2, -0.15) is 0 Å². The molecule has 14 heteroatoms. The highest BCUT2D eigenvalue weighted by Gasteiger charge is 2.33. The zero-order valence-corrected chi connectivity index (χ0v) is 20.9. The number of H-pyrrole nitrogens is 1. The van der Waals surface area contributed by atoms with Crippen LogP contribution in [0.4, 0.5) is 23.2 Å². The molecule has 0 radical (unpaired) electrons. The van der Waals surface area contributed by atoms with Crippen molar-refractivity contribution in [3.05, 3.63) is 47.2 Å². The third-order valence-electron chi connectivity index (χ3n) is 7.15. The molecule has 0 bridgehead atoms. The predicted molar refractivity (Wildman–Crippen MR) is 130 cm³/mol. The van der Waals surface area contributed by atoms with Crippen LogP contribution in [0.2, 0.25) is 0 Å². The molecule has 5 rings (SSSR count). The second-order valence-electron chi connectivity index (χ2n) is 9.63. The highest BCUT2D eigenvalue weighted by atomic mass is 32.2. The SMILES string of the molecule is Nc1cc(OC(F)(F)F)ccc1C(=O)N1CCC(c2c(F)cnc3nc(C4CCS(=O)(=O)CC4)[nH]c23)CC1. The molecule has 0 saturated carbocycles. The van der Waals surface area contributed by atoms with Crippen LogP contribution in [0.3, 0.4) is 0 Å². The molecule has 3 aromatic rings. The molecule has 204 valence electrons. The molecule has 1 aromatic carbocycles. The number of halogens is 4. The molecule has 2 aromatic heterocycles. The minimum absolute atomic E-state index is 0.0585. The van der Waals surface area contributed by atoms with Gasteiger partial charge in [0, 0.05) is 36.3 Å². The molecule has 2 saturated heterocycles. The van der Waals surface area contributed by atoms with E-state index in [0.717, 1.165) is 18.3 Å². The van der Waals surface area contributed by atoms with Gasteiger partial charge in [-0.05, 0) is 43.7 Å². The molecule has 38 heavy (non-hydrogen) atoms. The zero-order valence-electron chi connectivity index (χ0n) is 20.1. The summed E-state index contributed by atoms with van der Waals surface area (Å²) in [6, 6.07) is 3.18. The second-order valence-corrected chi connectivity index (χ2v) is 11.9. The fourth-order valence-corrected chi connectivity index (χ4v) is 6.69. The molecule has 0 spiro atoms. The van der Waals surface area contributed by atoms with Gasteiger partial charge in [-0.1, -0.05) is 0 Å². The van der Waals surface area contributed by atoms with Crippen LogP contribution in [0, 0.1) is 5.82 Å². The number of aromatic amines is 1. The average Bonchev–Trinajstić information content (AvgIpc) is 3.27. The van der Waals surface area contributed by atoms with Gasteiger partial charge in [0.15, 0.2) is 5.65 Å². The number of imidazole rings is 1. The summed E-state index contributed by atoms with van der Waals surface area (Å²) in [5.41, 5.74) is 7.01. The summed E-state index contributed by atoms with van der Waals surface area (Å²) in [6.45, 7) is 0.572. The highest BCUT2D eigenvalue weighted by Crippen LogP contribution is 2.36. The number of nitrogens with two attached hydrogens (primary N) is 1. The molecule has 0 atom stereocenters. The number of amides is 1. The van der Waals surface area contributed by atoms with Crippen molar-refractivity contribution in [3.8, 4) is 5.75 Å². The van der Waals surface area contributed by atoms with Crippen molar-refractivity contribution in [3.63, 3.8) is 0 Å². The molecule has 9 nitrogen and oxygen atoms in total. The lowest BCUT2D eigenvalue weighted by molar-refractivity contribution is -0.274. The monoisotopic (exact) mass is 555 g/mol. The number of likely N-dealkylation sites (tertiary alicyclic amines) is 1. The van der Waals surface area contributed by atoms with Crippen LogP contribution in [0.1, 0.15) is 59.3 Å². The number of rotatable bonds is 4.